The Morgan fingerprint density at radius 1 is 1.12 bits per heavy atom. The third-order valence-corrected chi connectivity index (χ3v) is 5.59. The van der Waals surface area contributed by atoms with Crippen LogP contribution in [-0.2, 0) is 14.8 Å². The average molecular weight is 443 g/mol. The van der Waals surface area contributed by atoms with Crippen LogP contribution in [0.5, 0.6) is 5.75 Å². The minimum atomic E-state index is -3.73. The van der Waals surface area contributed by atoms with Crippen LogP contribution in [0.15, 0.2) is 51.8 Å². The van der Waals surface area contributed by atoms with Crippen LogP contribution in [-0.4, -0.2) is 41.7 Å². The molecule has 0 atom stereocenters. The quantitative estimate of drug-likeness (QED) is 0.612. The molecule has 1 amide bonds. The maximum absolute atomic E-state index is 12.5. The van der Waals surface area contributed by atoms with Crippen molar-refractivity contribution in [2.45, 2.75) is 4.90 Å². The van der Waals surface area contributed by atoms with E-state index in [0.717, 1.165) is 0 Å². The molecule has 0 fully saturated rings. The average Bonchev–Trinajstić information content (AvgIpc) is 2.62. The topological polar surface area (TPSA) is 93.7 Å². The van der Waals surface area contributed by atoms with E-state index in [-0.39, 0.29) is 23.6 Å². The standard InChI is InChI=1S/C17H19BrN2O5S/c1-24-10-9-19-26(22,23)14-7-8-16(18)15(11-14)17(21)20-12-3-5-13(25-2)6-4-12/h3-8,11,19H,9-10H2,1-2H3,(H,20,21). The summed E-state index contributed by atoms with van der Waals surface area (Å²) in [6.45, 7) is 0.392. The number of benzene rings is 2. The predicted octanol–water partition coefficient (Wildman–Crippen LogP) is 2.63. The van der Waals surface area contributed by atoms with Crippen molar-refractivity contribution in [1.29, 1.82) is 0 Å². The molecular formula is C17H19BrN2O5S. The highest BCUT2D eigenvalue weighted by Crippen LogP contribution is 2.23. The number of sulfonamides is 1. The summed E-state index contributed by atoms with van der Waals surface area (Å²) in [5.41, 5.74) is 0.768. The van der Waals surface area contributed by atoms with Crippen LogP contribution in [0.1, 0.15) is 10.4 Å². The Balaban J connectivity index is 2.21. The maximum Gasteiger partial charge on any atom is 0.256 e. The molecule has 0 saturated carbocycles. The van der Waals surface area contributed by atoms with Crippen LogP contribution in [0.3, 0.4) is 0 Å². The van der Waals surface area contributed by atoms with Crippen molar-refractivity contribution in [3.05, 3.63) is 52.5 Å². The Kier molecular flexibility index (Phi) is 7.15. The lowest BCUT2D eigenvalue weighted by atomic mass is 10.2. The predicted molar refractivity (Wildman–Crippen MR) is 102 cm³/mol. The first-order chi connectivity index (χ1) is 12.4. The Labute approximate surface area is 160 Å². The van der Waals surface area contributed by atoms with Crippen LogP contribution < -0.4 is 14.8 Å². The number of hydrogen-bond acceptors (Lipinski definition) is 5. The van der Waals surface area contributed by atoms with Crippen LogP contribution in [0.2, 0.25) is 0 Å². The van der Waals surface area contributed by atoms with Crippen LogP contribution in [0, 0.1) is 0 Å². The van der Waals surface area contributed by atoms with E-state index in [1.165, 1.54) is 25.3 Å². The summed E-state index contributed by atoms with van der Waals surface area (Å²) < 4.78 is 37.4. The van der Waals surface area contributed by atoms with E-state index in [1.807, 2.05) is 0 Å². The Morgan fingerprint density at radius 2 is 1.81 bits per heavy atom. The summed E-state index contributed by atoms with van der Waals surface area (Å²) in [5.74, 6) is 0.232. The highest BCUT2D eigenvalue weighted by atomic mass is 79.9. The summed E-state index contributed by atoms with van der Waals surface area (Å²) in [6.07, 6.45) is 0. The first kappa shape index (κ1) is 20.4. The molecule has 0 aromatic heterocycles. The summed E-state index contributed by atoms with van der Waals surface area (Å²) in [4.78, 5) is 12.5. The van der Waals surface area contributed by atoms with Crippen molar-refractivity contribution in [2.24, 2.45) is 0 Å². The molecule has 0 unspecified atom stereocenters. The van der Waals surface area contributed by atoms with Gasteiger partial charge in [0.05, 0.1) is 24.2 Å². The number of carbonyl (C=O) groups is 1. The number of rotatable bonds is 8. The molecule has 0 bridgehead atoms. The SMILES string of the molecule is COCCNS(=O)(=O)c1ccc(Br)c(C(=O)Nc2ccc(OC)cc2)c1. The van der Waals surface area contributed by atoms with Crippen molar-refractivity contribution in [2.75, 3.05) is 32.7 Å². The highest BCUT2D eigenvalue weighted by molar-refractivity contribution is 9.10. The van der Waals surface area contributed by atoms with E-state index in [0.29, 0.717) is 15.9 Å². The monoisotopic (exact) mass is 442 g/mol. The van der Waals surface area contributed by atoms with Crippen LogP contribution >= 0.6 is 15.9 Å². The zero-order valence-electron chi connectivity index (χ0n) is 14.3. The maximum atomic E-state index is 12.5. The molecule has 0 aliphatic rings. The van der Waals surface area contributed by atoms with Gasteiger partial charge in [0.1, 0.15) is 5.75 Å². The van der Waals surface area contributed by atoms with Gasteiger partial charge in [-0.3, -0.25) is 4.79 Å². The molecule has 0 heterocycles. The van der Waals surface area contributed by atoms with Crippen molar-refractivity contribution >= 4 is 37.5 Å². The molecule has 7 nitrogen and oxygen atoms in total. The van der Waals surface area contributed by atoms with Gasteiger partial charge in [-0.15, -0.1) is 0 Å². The molecule has 2 rings (SSSR count). The van der Waals surface area contributed by atoms with Crippen molar-refractivity contribution < 1.29 is 22.7 Å². The fraction of sp³-hybridized carbons (Fsp3) is 0.235. The Bertz CT molecular complexity index is 869. The molecule has 2 N–H and O–H groups in total. The van der Waals surface area contributed by atoms with Crippen LogP contribution in [0.4, 0.5) is 5.69 Å². The third kappa shape index (κ3) is 5.28. The molecular weight excluding hydrogens is 424 g/mol. The van der Waals surface area contributed by atoms with Crippen molar-refractivity contribution in [3.8, 4) is 5.75 Å². The third-order valence-electron chi connectivity index (χ3n) is 3.44. The van der Waals surface area contributed by atoms with E-state index in [2.05, 4.69) is 26.0 Å². The smallest absolute Gasteiger partial charge is 0.256 e. The number of nitrogens with one attached hydrogen (secondary N) is 2. The zero-order valence-corrected chi connectivity index (χ0v) is 16.7. The minimum Gasteiger partial charge on any atom is -0.497 e. The van der Waals surface area contributed by atoms with Gasteiger partial charge in [-0.1, -0.05) is 0 Å². The van der Waals surface area contributed by atoms with Gasteiger partial charge < -0.3 is 14.8 Å². The molecule has 0 aliphatic heterocycles. The summed E-state index contributed by atoms with van der Waals surface area (Å²) in [6, 6.07) is 11.1. The molecule has 0 aliphatic carbocycles. The number of hydrogen-bond donors (Lipinski definition) is 2. The lowest BCUT2D eigenvalue weighted by Crippen LogP contribution is -2.27. The van der Waals surface area contributed by atoms with E-state index >= 15 is 0 Å². The molecule has 26 heavy (non-hydrogen) atoms. The van der Waals surface area contributed by atoms with E-state index in [1.54, 1.807) is 31.4 Å². The van der Waals surface area contributed by atoms with Crippen molar-refractivity contribution in [3.63, 3.8) is 0 Å². The summed E-state index contributed by atoms with van der Waals surface area (Å²) >= 11 is 3.28. The van der Waals surface area contributed by atoms with Gasteiger partial charge in [-0.25, -0.2) is 13.1 Å². The normalized spacial score (nSPS) is 11.2. The van der Waals surface area contributed by atoms with Gasteiger partial charge in [0.2, 0.25) is 10.0 Å². The minimum absolute atomic E-state index is 0.00307. The lowest BCUT2D eigenvalue weighted by molar-refractivity contribution is 0.102. The molecule has 0 spiro atoms. The number of carbonyl (C=O) groups excluding carboxylic acids is 1. The molecule has 0 radical (unpaired) electrons. The second-order valence-corrected chi connectivity index (χ2v) is 7.84. The number of halogens is 1. The number of anilines is 1. The molecule has 0 saturated heterocycles. The lowest BCUT2D eigenvalue weighted by Gasteiger charge is -2.11. The van der Waals surface area contributed by atoms with Crippen LogP contribution in [0.25, 0.3) is 0 Å². The second-order valence-electron chi connectivity index (χ2n) is 5.21. The van der Waals surface area contributed by atoms with Gasteiger partial charge >= 0.3 is 0 Å². The number of amides is 1. The molecule has 2 aromatic carbocycles. The highest BCUT2D eigenvalue weighted by Gasteiger charge is 2.18. The van der Waals surface area contributed by atoms with E-state index < -0.39 is 15.9 Å². The van der Waals surface area contributed by atoms with Gasteiger partial charge in [0, 0.05) is 23.8 Å². The Hall–Kier alpha value is -1.94. The second kappa shape index (κ2) is 9.13. The summed E-state index contributed by atoms with van der Waals surface area (Å²) in [5, 5.41) is 2.72. The first-order valence-electron chi connectivity index (χ1n) is 7.61. The largest absolute Gasteiger partial charge is 0.497 e. The van der Waals surface area contributed by atoms with E-state index in [9.17, 15) is 13.2 Å². The Morgan fingerprint density at radius 3 is 2.42 bits per heavy atom. The van der Waals surface area contributed by atoms with Crippen molar-refractivity contribution in [1.82, 2.24) is 4.72 Å². The fourth-order valence-corrected chi connectivity index (χ4v) is 3.55. The van der Waals surface area contributed by atoms with Gasteiger partial charge in [0.15, 0.2) is 0 Å². The van der Waals surface area contributed by atoms with E-state index in [4.69, 9.17) is 9.47 Å². The van der Waals surface area contributed by atoms with Gasteiger partial charge in [-0.05, 0) is 58.4 Å². The zero-order chi connectivity index (χ0) is 19.2. The molecule has 2 aromatic rings. The summed E-state index contributed by atoms with van der Waals surface area (Å²) in [7, 11) is -0.700. The molecule has 9 heteroatoms. The number of methoxy groups -OCH3 is 2. The number of ether oxygens (including phenoxy) is 2. The molecule has 140 valence electrons. The van der Waals surface area contributed by atoms with Gasteiger partial charge in [0.25, 0.3) is 5.91 Å². The fourth-order valence-electron chi connectivity index (χ4n) is 2.08. The van der Waals surface area contributed by atoms with Gasteiger partial charge in [-0.2, -0.15) is 0 Å². The first-order valence-corrected chi connectivity index (χ1v) is 9.88.